The zero-order chi connectivity index (χ0) is 24.5. The van der Waals surface area contributed by atoms with Crippen LogP contribution >= 0.6 is 0 Å². The van der Waals surface area contributed by atoms with Gasteiger partial charge in [-0.3, -0.25) is 9.48 Å². The monoisotopic (exact) mass is 475 g/mol. The van der Waals surface area contributed by atoms with Gasteiger partial charge in [-0.05, 0) is 44.5 Å². The summed E-state index contributed by atoms with van der Waals surface area (Å²) in [5.41, 5.74) is -0.260. The van der Waals surface area contributed by atoms with Gasteiger partial charge in [-0.2, -0.15) is 23.5 Å². The predicted octanol–water partition coefficient (Wildman–Crippen LogP) is 3.47. The Labute approximate surface area is 196 Å². The van der Waals surface area contributed by atoms with Gasteiger partial charge in [0.2, 0.25) is 5.91 Å². The molecule has 2 aromatic rings. The molecule has 2 fully saturated rings. The number of benzene rings is 1. The molecule has 2 aliphatic rings. The molecule has 0 N–H and O–H groups in total. The van der Waals surface area contributed by atoms with Gasteiger partial charge in [-0.25, -0.2) is 0 Å². The maximum atomic E-state index is 13.5. The number of piperidine rings is 1. The van der Waals surface area contributed by atoms with Crippen molar-refractivity contribution in [2.24, 2.45) is 11.3 Å². The lowest BCUT2D eigenvalue weighted by molar-refractivity contribution is -0.137. The largest absolute Gasteiger partial charge is 0.417 e. The first-order valence-electron chi connectivity index (χ1n) is 11.4. The van der Waals surface area contributed by atoms with E-state index in [4.69, 9.17) is 10.00 Å². The molecule has 182 valence electrons. The molecular formula is C24H28F3N5O2. The standard InChI is InChI=1S/C24H28F3N5O2/c1-3-34-16-23-7-9-30(20-5-4-18(11-28)21(10-20)24(25,26)27)12-19(23)13-31(15-23)22(33)14-32-8-6-17(2)29-32/h4-6,8,10,19H,3,7,9,12-16H2,1-2H3/t19-,23+/m1/s1. The molecule has 10 heteroatoms. The van der Waals surface area contributed by atoms with Crippen LogP contribution in [0.1, 0.15) is 30.2 Å². The van der Waals surface area contributed by atoms with Gasteiger partial charge in [0, 0.05) is 56.0 Å². The highest BCUT2D eigenvalue weighted by Crippen LogP contribution is 2.45. The van der Waals surface area contributed by atoms with Crippen LogP contribution in [0.5, 0.6) is 0 Å². The molecule has 1 amide bonds. The van der Waals surface area contributed by atoms with Crippen molar-refractivity contribution < 1.29 is 22.7 Å². The number of rotatable bonds is 6. The zero-order valence-electron chi connectivity index (χ0n) is 19.3. The lowest BCUT2D eigenvalue weighted by Gasteiger charge is -2.44. The van der Waals surface area contributed by atoms with E-state index in [2.05, 4.69) is 5.10 Å². The molecule has 1 aromatic carbocycles. The topological polar surface area (TPSA) is 74.4 Å². The molecule has 2 atom stereocenters. The van der Waals surface area contributed by atoms with Gasteiger partial charge >= 0.3 is 6.18 Å². The van der Waals surface area contributed by atoms with Crippen LogP contribution < -0.4 is 4.90 Å². The smallest absolute Gasteiger partial charge is 0.381 e. The minimum Gasteiger partial charge on any atom is -0.381 e. The van der Waals surface area contributed by atoms with Gasteiger partial charge in [0.05, 0.1) is 29.5 Å². The minimum atomic E-state index is -4.60. The Bertz CT molecular complexity index is 1090. The van der Waals surface area contributed by atoms with E-state index in [0.717, 1.165) is 11.8 Å². The number of hydrogen-bond acceptors (Lipinski definition) is 5. The first-order chi connectivity index (χ1) is 16.1. The number of ether oxygens (including phenoxy) is 1. The number of anilines is 1. The summed E-state index contributed by atoms with van der Waals surface area (Å²) in [7, 11) is 0. The fraction of sp³-hybridized carbons (Fsp3) is 0.542. The summed E-state index contributed by atoms with van der Waals surface area (Å²) >= 11 is 0. The van der Waals surface area contributed by atoms with Crippen LogP contribution in [-0.2, 0) is 22.3 Å². The van der Waals surface area contributed by atoms with Crippen molar-refractivity contribution in [1.29, 1.82) is 5.26 Å². The molecule has 3 heterocycles. The SMILES string of the molecule is CCOC[C@@]12CCN(c3ccc(C#N)c(C(F)(F)F)c3)C[C@@H]1CN(C(=O)Cn1ccc(C)n1)C2. The van der Waals surface area contributed by atoms with Gasteiger partial charge in [0.1, 0.15) is 6.54 Å². The van der Waals surface area contributed by atoms with Crippen LogP contribution in [0.25, 0.3) is 0 Å². The van der Waals surface area contributed by atoms with Crippen LogP contribution in [0.2, 0.25) is 0 Å². The second kappa shape index (κ2) is 9.29. The Morgan fingerprint density at radius 3 is 2.76 bits per heavy atom. The molecule has 34 heavy (non-hydrogen) atoms. The van der Waals surface area contributed by atoms with Crippen molar-refractivity contribution in [1.82, 2.24) is 14.7 Å². The van der Waals surface area contributed by atoms with Crippen molar-refractivity contribution >= 4 is 11.6 Å². The number of hydrogen-bond donors (Lipinski definition) is 0. The lowest BCUT2D eigenvalue weighted by atomic mass is 9.73. The van der Waals surface area contributed by atoms with Gasteiger partial charge < -0.3 is 14.5 Å². The molecule has 0 saturated carbocycles. The molecular weight excluding hydrogens is 447 g/mol. The van der Waals surface area contributed by atoms with E-state index in [1.54, 1.807) is 23.0 Å². The molecule has 2 saturated heterocycles. The van der Waals surface area contributed by atoms with Crippen molar-refractivity contribution in [2.75, 3.05) is 44.3 Å². The maximum Gasteiger partial charge on any atom is 0.417 e. The number of aryl methyl sites for hydroxylation is 1. The second-order valence-electron chi connectivity index (χ2n) is 9.16. The third-order valence-electron chi connectivity index (χ3n) is 6.94. The summed E-state index contributed by atoms with van der Waals surface area (Å²) in [6, 6.07) is 7.34. The highest BCUT2D eigenvalue weighted by atomic mass is 19.4. The highest BCUT2D eigenvalue weighted by molar-refractivity contribution is 5.76. The van der Waals surface area contributed by atoms with E-state index >= 15 is 0 Å². The van der Waals surface area contributed by atoms with Crippen molar-refractivity contribution in [2.45, 2.75) is 33.0 Å². The van der Waals surface area contributed by atoms with E-state index in [-0.39, 0.29) is 29.3 Å². The quantitative estimate of drug-likeness (QED) is 0.640. The molecule has 7 nitrogen and oxygen atoms in total. The number of nitriles is 1. The van der Waals surface area contributed by atoms with Crippen LogP contribution in [0.3, 0.4) is 0 Å². The summed E-state index contributed by atoms with van der Waals surface area (Å²) in [6.45, 7) is 7.15. The fourth-order valence-electron chi connectivity index (χ4n) is 5.10. The number of fused-ring (bicyclic) bond motifs is 1. The number of carbonyl (C=O) groups is 1. The molecule has 2 aliphatic heterocycles. The van der Waals surface area contributed by atoms with E-state index in [1.807, 2.05) is 29.7 Å². The number of carbonyl (C=O) groups excluding carboxylic acids is 1. The number of halogens is 3. The normalized spacial score (nSPS) is 22.5. The van der Waals surface area contributed by atoms with Crippen LogP contribution in [0.15, 0.2) is 30.5 Å². The summed E-state index contributed by atoms with van der Waals surface area (Å²) in [4.78, 5) is 16.8. The maximum absolute atomic E-state index is 13.5. The first-order valence-corrected chi connectivity index (χ1v) is 11.4. The summed E-state index contributed by atoms with van der Waals surface area (Å²) < 4.78 is 47.9. The number of alkyl halides is 3. The third-order valence-corrected chi connectivity index (χ3v) is 6.94. The van der Waals surface area contributed by atoms with Gasteiger partial charge in [-0.15, -0.1) is 0 Å². The molecule has 0 radical (unpaired) electrons. The Kier molecular flexibility index (Phi) is 6.58. The average Bonchev–Trinajstić information content (AvgIpc) is 3.39. The fourth-order valence-corrected chi connectivity index (χ4v) is 5.10. The van der Waals surface area contributed by atoms with Crippen LogP contribution in [-0.4, -0.2) is 60.0 Å². The van der Waals surface area contributed by atoms with Crippen molar-refractivity contribution in [3.05, 3.63) is 47.3 Å². The number of amides is 1. The highest BCUT2D eigenvalue weighted by Gasteiger charge is 2.51. The second-order valence-corrected chi connectivity index (χ2v) is 9.16. The Balaban J connectivity index is 1.54. The van der Waals surface area contributed by atoms with Crippen molar-refractivity contribution in [3.8, 4) is 6.07 Å². The van der Waals surface area contributed by atoms with E-state index < -0.39 is 11.7 Å². The average molecular weight is 476 g/mol. The molecule has 0 spiro atoms. The summed E-state index contributed by atoms with van der Waals surface area (Å²) in [6.07, 6.45) is -2.13. The first kappa shape index (κ1) is 24.1. The molecule has 4 rings (SSSR count). The zero-order valence-corrected chi connectivity index (χ0v) is 19.3. The van der Waals surface area contributed by atoms with Gasteiger partial charge in [0.15, 0.2) is 0 Å². The summed E-state index contributed by atoms with van der Waals surface area (Å²) in [5, 5.41) is 13.4. The molecule has 0 bridgehead atoms. The molecule has 0 aliphatic carbocycles. The van der Waals surface area contributed by atoms with E-state index in [1.165, 1.54) is 6.07 Å². The molecule has 1 aromatic heterocycles. The van der Waals surface area contributed by atoms with Gasteiger partial charge in [0.25, 0.3) is 0 Å². The summed E-state index contributed by atoms with van der Waals surface area (Å²) in [5.74, 6) is 0.0266. The number of nitrogens with zero attached hydrogens (tertiary/aromatic N) is 5. The number of likely N-dealkylation sites (tertiary alicyclic amines) is 1. The Morgan fingerprint density at radius 1 is 1.32 bits per heavy atom. The van der Waals surface area contributed by atoms with Crippen LogP contribution in [0.4, 0.5) is 18.9 Å². The predicted molar refractivity (Wildman–Crippen MR) is 119 cm³/mol. The van der Waals surface area contributed by atoms with Gasteiger partial charge in [-0.1, -0.05) is 0 Å². The van der Waals surface area contributed by atoms with Crippen LogP contribution in [0, 0.1) is 29.6 Å². The molecule has 0 unspecified atom stereocenters. The lowest BCUT2D eigenvalue weighted by Crippen LogP contribution is -2.49. The number of aromatic nitrogens is 2. The van der Waals surface area contributed by atoms with Crippen molar-refractivity contribution in [3.63, 3.8) is 0 Å². The Hall–Kier alpha value is -3.06. The third kappa shape index (κ3) is 4.75. The van der Waals surface area contributed by atoms with E-state index in [9.17, 15) is 18.0 Å². The Morgan fingerprint density at radius 2 is 2.12 bits per heavy atom. The van der Waals surface area contributed by atoms with E-state index in [0.29, 0.717) is 51.5 Å². The minimum absolute atomic E-state index is 0.0299.